The zero-order valence-corrected chi connectivity index (χ0v) is 25.9. The molecule has 3 fully saturated rings. The van der Waals surface area contributed by atoms with Crippen molar-refractivity contribution >= 4 is 33.7 Å². The highest BCUT2D eigenvalue weighted by Crippen LogP contribution is 2.39. The van der Waals surface area contributed by atoms with E-state index < -0.39 is 21.7 Å². The van der Waals surface area contributed by atoms with Crippen LogP contribution in [0.25, 0.3) is 0 Å². The van der Waals surface area contributed by atoms with Crippen molar-refractivity contribution in [2.45, 2.75) is 96.9 Å². The van der Waals surface area contributed by atoms with Gasteiger partial charge in [0.15, 0.2) is 5.82 Å². The molecular formula is C28H43N7O6S. The quantitative estimate of drug-likeness (QED) is 0.426. The first-order chi connectivity index (χ1) is 19.9. The van der Waals surface area contributed by atoms with Crippen LogP contribution in [0.2, 0.25) is 0 Å². The molecule has 2 N–H and O–H groups in total. The van der Waals surface area contributed by atoms with Crippen molar-refractivity contribution in [2.75, 3.05) is 36.1 Å². The molecule has 3 aliphatic rings. The third kappa shape index (κ3) is 7.32. The Morgan fingerprint density at radius 3 is 2.50 bits per heavy atom. The lowest BCUT2D eigenvalue weighted by Crippen LogP contribution is -2.55. The van der Waals surface area contributed by atoms with E-state index in [9.17, 15) is 13.2 Å². The van der Waals surface area contributed by atoms with Crippen LogP contribution < -0.4 is 15.4 Å². The molecule has 14 heteroatoms. The van der Waals surface area contributed by atoms with Crippen LogP contribution in [0, 0.1) is 12.8 Å². The van der Waals surface area contributed by atoms with Crippen LogP contribution >= 0.6 is 0 Å². The lowest BCUT2D eigenvalue weighted by Gasteiger charge is -2.47. The van der Waals surface area contributed by atoms with Crippen molar-refractivity contribution < 1.29 is 27.4 Å². The molecule has 3 saturated heterocycles. The van der Waals surface area contributed by atoms with Gasteiger partial charge < -0.3 is 24.8 Å². The molecule has 2 bridgehead atoms. The summed E-state index contributed by atoms with van der Waals surface area (Å²) in [6.45, 7) is 10.7. The van der Waals surface area contributed by atoms with Crippen LogP contribution in [0.3, 0.4) is 0 Å². The average Bonchev–Trinajstić information content (AvgIpc) is 3.55. The normalized spacial score (nSPS) is 24.8. The van der Waals surface area contributed by atoms with E-state index in [1.807, 2.05) is 0 Å². The van der Waals surface area contributed by atoms with Crippen LogP contribution in [0.1, 0.15) is 71.9 Å². The van der Waals surface area contributed by atoms with Gasteiger partial charge in [0.25, 0.3) is 0 Å². The van der Waals surface area contributed by atoms with Crippen molar-refractivity contribution in [1.82, 2.24) is 24.1 Å². The van der Waals surface area contributed by atoms with Gasteiger partial charge in [-0.25, -0.2) is 13.2 Å². The largest absolute Gasteiger partial charge is 0.472 e. The smallest absolute Gasteiger partial charge is 0.435 e. The summed E-state index contributed by atoms with van der Waals surface area (Å²) in [6, 6.07) is 3.53. The summed E-state index contributed by atoms with van der Waals surface area (Å²) in [4.78, 5) is 21.9. The minimum absolute atomic E-state index is 0.0488. The zero-order chi connectivity index (χ0) is 30.1. The SMILES string of the molecule is CCS(=O)(=O)N1C2CCCC1CC(CNc1nc(Nc3cc(C)n(C(=O)OC(C)(C)C)n3)cc(O[C@H]3CCOC3)n1)C2. The van der Waals surface area contributed by atoms with Gasteiger partial charge in [0.2, 0.25) is 21.9 Å². The molecule has 13 nitrogen and oxygen atoms in total. The molecule has 0 aliphatic carbocycles. The van der Waals surface area contributed by atoms with Crippen molar-refractivity contribution in [3.05, 3.63) is 17.8 Å². The summed E-state index contributed by atoms with van der Waals surface area (Å²) < 4.78 is 45.6. The number of carbonyl (C=O) groups is 1. The first-order valence-electron chi connectivity index (χ1n) is 14.9. The van der Waals surface area contributed by atoms with Gasteiger partial charge in [-0.2, -0.15) is 19.0 Å². The minimum atomic E-state index is -3.22. The highest BCUT2D eigenvalue weighted by Gasteiger charge is 2.43. The Labute approximate surface area is 247 Å². The summed E-state index contributed by atoms with van der Waals surface area (Å²) in [5.74, 6) is 2.11. The molecule has 0 aromatic carbocycles. The Hall–Kier alpha value is -2.97. The number of nitrogens with zero attached hydrogens (tertiary/aromatic N) is 5. The molecule has 2 unspecified atom stereocenters. The van der Waals surface area contributed by atoms with E-state index in [0.717, 1.165) is 38.5 Å². The highest BCUT2D eigenvalue weighted by molar-refractivity contribution is 7.89. The number of anilines is 3. The van der Waals surface area contributed by atoms with E-state index in [0.29, 0.717) is 54.8 Å². The molecule has 2 aromatic heterocycles. The molecule has 0 saturated carbocycles. The van der Waals surface area contributed by atoms with Gasteiger partial charge in [0.05, 0.1) is 19.0 Å². The summed E-state index contributed by atoms with van der Waals surface area (Å²) >= 11 is 0. The number of nitrogens with one attached hydrogen (secondary N) is 2. The number of piperidine rings is 2. The maximum absolute atomic E-state index is 12.8. The summed E-state index contributed by atoms with van der Waals surface area (Å²) in [5, 5.41) is 10.9. The summed E-state index contributed by atoms with van der Waals surface area (Å²) in [7, 11) is -3.22. The third-order valence-corrected chi connectivity index (χ3v) is 9.80. The molecule has 3 atom stereocenters. The van der Waals surface area contributed by atoms with Gasteiger partial charge in [-0.15, -0.1) is 5.10 Å². The number of aromatic nitrogens is 4. The molecule has 5 heterocycles. The topological polar surface area (TPSA) is 150 Å². The fourth-order valence-corrected chi connectivity index (χ4v) is 7.61. The second-order valence-corrected chi connectivity index (χ2v) is 14.6. The van der Waals surface area contributed by atoms with E-state index in [1.54, 1.807) is 51.1 Å². The Morgan fingerprint density at radius 1 is 1.12 bits per heavy atom. The maximum atomic E-state index is 12.8. The standard InChI is InChI=1S/C28H43N7O6S/c1-6-42(37,38)35-20-8-7-9-21(35)14-19(13-20)16-29-26-31-23(15-25(32-26)40-22-10-11-39-17-22)30-24-12-18(2)34(33-24)27(36)41-28(3,4)5/h12,15,19-22H,6-11,13-14,16-17H2,1-5H3,(H2,29,30,31,32,33)/t19?,20?,21?,22-/m0/s1. The maximum Gasteiger partial charge on any atom is 0.435 e. The first-order valence-corrected chi connectivity index (χ1v) is 16.5. The van der Waals surface area contributed by atoms with Crippen molar-refractivity contribution in [1.29, 1.82) is 0 Å². The molecule has 0 radical (unpaired) electrons. The van der Waals surface area contributed by atoms with Crippen LogP contribution in [0.5, 0.6) is 5.88 Å². The Morgan fingerprint density at radius 2 is 1.86 bits per heavy atom. The average molecular weight is 606 g/mol. The minimum Gasteiger partial charge on any atom is -0.472 e. The first kappa shape index (κ1) is 30.5. The Kier molecular flexibility index (Phi) is 8.95. The number of fused-ring (bicyclic) bond motifs is 2. The van der Waals surface area contributed by atoms with Gasteiger partial charge in [0.1, 0.15) is 17.5 Å². The molecular weight excluding hydrogens is 562 g/mol. The van der Waals surface area contributed by atoms with Crippen LogP contribution in [0.15, 0.2) is 12.1 Å². The Balaban J connectivity index is 1.30. The number of carbonyl (C=O) groups excluding carboxylic acids is 1. The van der Waals surface area contributed by atoms with Crippen LogP contribution in [-0.4, -0.2) is 87.9 Å². The fourth-order valence-electron chi connectivity index (χ4n) is 6.02. The van der Waals surface area contributed by atoms with Crippen molar-refractivity contribution in [3.8, 4) is 5.88 Å². The van der Waals surface area contributed by atoms with Gasteiger partial charge in [-0.3, -0.25) is 0 Å². The molecule has 0 spiro atoms. The zero-order valence-electron chi connectivity index (χ0n) is 25.1. The molecule has 2 aromatic rings. The number of hydrogen-bond donors (Lipinski definition) is 2. The lowest BCUT2D eigenvalue weighted by atomic mass is 9.80. The van der Waals surface area contributed by atoms with E-state index >= 15 is 0 Å². The van der Waals surface area contributed by atoms with Crippen LogP contribution in [0.4, 0.5) is 22.4 Å². The number of hydrogen-bond acceptors (Lipinski definition) is 11. The predicted octanol–water partition coefficient (Wildman–Crippen LogP) is 4.07. The predicted molar refractivity (Wildman–Crippen MR) is 158 cm³/mol. The third-order valence-electron chi connectivity index (χ3n) is 7.83. The fraction of sp³-hybridized carbons (Fsp3) is 0.714. The van der Waals surface area contributed by atoms with Gasteiger partial charge in [0, 0.05) is 42.9 Å². The summed E-state index contributed by atoms with van der Waals surface area (Å²) in [5.41, 5.74) is -0.0350. The molecule has 42 heavy (non-hydrogen) atoms. The molecule has 232 valence electrons. The van der Waals surface area contributed by atoms with Gasteiger partial charge >= 0.3 is 6.09 Å². The van der Waals surface area contributed by atoms with Gasteiger partial charge in [-0.05, 0) is 66.2 Å². The number of sulfonamides is 1. The van der Waals surface area contributed by atoms with E-state index in [4.69, 9.17) is 14.2 Å². The van der Waals surface area contributed by atoms with E-state index in [-0.39, 0.29) is 23.9 Å². The lowest BCUT2D eigenvalue weighted by molar-refractivity contribution is 0.0511. The summed E-state index contributed by atoms with van der Waals surface area (Å²) in [6.07, 6.45) is 4.60. The molecule has 5 rings (SSSR count). The molecule has 3 aliphatic heterocycles. The number of rotatable bonds is 9. The number of ether oxygens (including phenoxy) is 3. The number of aryl methyl sites for hydroxylation is 1. The van der Waals surface area contributed by atoms with Crippen LogP contribution in [-0.2, 0) is 19.5 Å². The second kappa shape index (κ2) is 12.3. The van der Waals surface area contributed by atoms with E-state index in [2.05, 4.69) is 25.7 Å². The molecule has 0 amide bonds. The van der Waals surface area contributed by atoms with E-state index in [1.165, 1.54) is 4.68 Å². The monoisotopic (exact) mass is 605 g/mol. The highest BCUT2D eigenvalue weighted by atomic mass is 32.2. The second-order valence-electron chi connectivity index (χ2n) is 12.4. The van der Waals surface area contributed by atoms with Crippen molar-refractivity contribution in [3.63, 3.8) is 0 Å². The van der Waals surface area contributed by atoms with Crippen molar-refractivity contribution in [2.24, 2.45) is 5.92 Å². The Bertz CT molecular complexity index is 1360. The van der Waals surface area contributed by atoms with Gasteiger partial charge in [-0.1, -0.05) is 6.42 Å².